The van der Waals surface area contributed by atoms with Crippen LogP contribution in [0.15, 0.2) is 4.42 Å². The Morgan fingerprint density at radius 3 is 2.80 bits per heavy atom. The molecule has 0 radical (unpaired) electrons. The molecule has 1 aromatic rings. The third-order valence-corrected chi connectivity index (χ3v) is 3.66. The van der Waals surface area contributed by atoms with E-state index in [9.17, 15) is 17.8 Å². The van der Waals surface area contributed by atoms with Gasteiger partial charge in [0, 0.05) is 13.5 Å². The number of urea groups is 1. The van der Waals surface area contributed by atoms with Crippen molar-refractivity contribution in [1.82, 2.24) is 20.2 Å². The number of rotatable bonds is 3. The van der Waals surface area contributed by atoms with Crippen molar-refractivity contribution in [3.8, 4) is 0 Å². The highest BCUT2D eigenvalue weighted by Gasteiger charge is 2.48. The highest BCUT2D eigenvalue weighted by molar-refractivity contribution is 7.80. The molecule has 20 heavy (non-hydrogen) atoms. The van der Waals surface area contributed by atoms with Crippen molar-refractivity contribution in [3.05, 3.63) is 11.8 Å². The fourth-order valence-electron chi connectivity index (χ4n) is 2.53. The van der Waals surface area contributed by atoms with Crippen LogP contribution >= 0.6 is 0 Å². The van der Waals surface area contributed by atoms with Gasteiger partial charge in [-0.25, -0.2) is 13.2 Å². The second-order valence-corrected chi connectivity index (χ2v) is 5.62. The third kappa shape index (κ3) is 2.23. The Balaban J connectivity index is 0.00000161. The second-order valence-electron chi connectivity index (χ2n) is 4.65. The standard InChI is InChI=1S/C9H12N4O6S/c1-5-10-11-8(18-5)7-3-2-6-4-12(7)9(14)13(6)19-20(15,16)17/h6-7H,2-4H2,1H3,(H,15,16,17)/t6-,7+/m1/s1. The number of hydroxylamine groups is 2. The van der Waals surface area contributed by atoms with E-state index < -0.39 is 28.5 Å². The number of nitrogens with zero attached hydrogens (tertiary/aromatic N) is 4. The van der Waals surface area contributed by atoms with Gasteiger partial charge in [0.2, 0.25) is 22.2 Å². The van der Waals surface area contributed by atoms with Crippen LogP contribution < -0.4 is 0 Å². The first kappa shape index (κ1) is 13.3. The molecule has 110 valence electrons. The Hall–Kier alpha value is -1.72. The number of carbonyl (C=O) groups excluding carboxylic acids is 1. The molecule has 11 heteroatoms. The van der Waals surface area contributed by atoms with Crippen LogP contribution in [0.25, 0.3) is 0 Å². The Morgan fingerprint density at radius 1 is 1.45 bits per heavy atom. The summed E-state index contributed by atoms with van der Waals surface area (Å²) in [7, 11) is -4.98. The number of amides is 2. The van der Waals surface area contributed by atoms with Gasteiger partial charge in [-0.3, -0.25) is 0 Å². The van der Waals surface area contributed by atoms with Crippen LogP contribution in [0.1, 0.15) is 32.1 Å². The number of piperidine rings is 1. The van der Waals surface area contributed by atoms with Crippen LogP contribution in [0.2, 0.25) is 0 Å². The summed E-state index contributed by atoms with van der Waals surface area (Å²) in [6, 6.07) is -1.58. The molecule has 2 atom stereocenters. The SMILES string of the molecule is Cc1nnc([C@@H]2CC[C@@H]3CN2C(=O)N3OS(=O)(=O)[O-])o1.[H+]. The van der Waals surface area contributed by atoms with Crippen molar-refractivity contribution in [2.24, 2.45) is 0 Å². The lowest BCUT2D eigenvalue weighted by Crippen LogP contribution is -2.35. The smallest absolute Gasteiger partial charge is 0.724 e. The zero-order valence-electron chi connectivity index (χ0n) is 11.4. The average Bonchev–Trinajstić information content (AvgIpc) is 2.88. The predicted octanol–water partition coefficient (Wildman–Crippen LogP) is -0.177. The number of aromatic nitrogens is 2. The molecule has 2 aliphatic rings. The first-order valence-electron chi connectivity index (χ1n) is 5.90. The molecule has 0 saturated carbocycles. The number of fused-ring (bicyclic) bond motifs is 2. The lowest BCUT2D eigenvalue weighted by Gasteiger charge is -2.27. The third-order valence-electron chi connectivity index (χ3n) is 3.32. The largest absolute Gasteiger partial charge is 1.00 e. The van der Waals surface area contributed by atoms with Crippen LogP contribution in [-0.4, -0.2) is 51.7 Å². The van der Waals surface area contributed by atoms with Gasteiger partial charge in [-0.05, 0) is 12.8 Å². The van der Waals surface area contributed by atoms with E-state index in [4.69, 9.17) is 4.42 Å². The Kier molecular flexibility index (Phi) is 2.92. The van der Waals surface area contributed by atoms with E-state index in [2.05, 4.69) is 14.5 Å². The van der Waals surface area contributed by atoms with E-state index in [0.29, 0.717) is 29.7 Å². The summed E-state index contributed by atoms with van der Waals surface area (Å²) < 4.78 is 41.4. The highest BCUT2D eigenvalue weighted by Crippen LogP contribution is 2.38. The average molecular weight is 304 g/mol. The van der Waals surface area contributed by atoms with Crippen LogP contribution in [0.3, 0.4) is 0 Å². The molecule has 1 aromatic heterocycles. The van der Waals surface area contributed by atoms with Gasteiger partial charge in [0.1, 0.15) is 6.04 Å². The van der Waals surface area contributed by atoms with Gasteiger partial charge in [-0.1, -0.05) is 0 Å². The van der Waals surface area contributed by atoms with E-state index in [0.717, 1.165) is 0 Å². The number of hydrogen-bond donors (Lipinski definition) is 0. The summed E-state index contributed by atoms with van der Waals surface area (Å²) >= 11 is 0. The zero-order chi connectivity index (χ0) is 14.5. The molecule has 0 aromatic carbocycles. The predicted molar refractivity (Wildman–Crippen MR) is 60.6 cm³/mol. The van der Waals surface area contributed by atoms with Gasteiger partial charge in [-0.15, -0.1) is 10.2 Å². The van der Waals surface area contributed by atoms with E-state index >= 15 is 0 Å². The minimum absolute atomic E-state index is 0. The summed E-state index contributed by atoms with van der Waals surface area (Å²) in [6.07, 6.45) is 1.00. The van der Waals surface area contributed by atoms with Crippen molar-refractivity contribution < 1.29 is 27.9 Å². The van der Waals surface area contributed by atoms with Crippen LogP contribution in [-0.2, 0) is 14.7 Å². The molecule has 0 unspecified atom stereocenters. The van der Waals surface area contributed by atoms with Crippen LogP contribution in [0.5, 0.6) is 0 Å². The minimum atomic E-state index is -4.98. The summed E-state index contributed by atoms with van der Waals surface area (Å²) in [6.45, 7) is 1.88. The van der Waals surface area contributed by atoms with Gasteiger partial charge in [0.15, 0.2) is 0 Å². The van der Waals surface area contributed by atoms with Gasteiger partial charge in [0.25, 0.3) is 0 Å². The maximum absolute atomic E-state index is 12.1. The van der Waals surface area contributed by atoms with Gasteiger partial charge in [0.05, 0.1) is 6.04 Å². The lowest BCUT2D eigenvalue weighted by molar-refractivity contribution is -0.0328. The van der Waals surface area contributed by atoms with E-state index in [-0.39, 0.29) is 7.97 Å². The second kappa shape index (κ2) is 4.40. The zero-order valence-corrected chi connectivity index (χ0v) is 11.2. The first-order chi connectivity index (χ1) is 9.35. The van der Waals surface area contributed by atoms with Crippen molar-refractivity contribution in [3.63, 3.8) is 0 Å². The summed E-state index contributed by atoms with van der Waals surface area (Å²) in [5.41, 5.74) is 0. The maximum Gasteiger partial charge on any atom is 1.00 e. The fourth-order valence-corrected chi connectivity index (χ4v) is 2.91. The van der Waals surface area contributed by atoms with Crippen molar-refractivity contribution in [2.45, 2.75) is 31.8 Å². The maximum atomic E-state index is 12.1. The van der Waals surface area contributed by atoms with Crippen LogP contribution in [0, 0.1) is 6.92 Å². The molecule has 2 amide bonds. The highest BCUT2D eigenvalue weighted by atomic mass is 32.3. The summed E-state index contributed by atoms with van der Waals surface area (Å²) in [4.78, 5) is 13.5. The molecular formula is C9H12N4O6S. The molecule has 2 aliphatic heterocycles. The number of hydrogen-bond acceptors (Lipinski definition) is 8. The normalized spacial score (nSPS) is 26.4. The summed E-state index contributed by atoms with van der Waals surface area (Å²) in [5, 5.41) is 8.19. The molecule has 0 aliphatic carbocycles. The lowest BCUT2D eigenvalue weighted by atomic mass is 10.0. The number of carbonyl (C=O) groups is 1. The molecule has 2 fully saturated rings. The molecule has 0 N–H and O–H groups in total. The fraction of sp³-hybridized carbons (Fsp3) is 0.667. The van der Waals surface area contributed by atoms with Gasteiger partial charge in [-0.2, -0.15) is 9.35 Å². The first-order valence-corrected chi connectivity index (χ1v) is 7.24. The molecule has 3 rings (SSSR count). The van der Waals surface area contributed by atoms with E-state index in [1.807, 2.05) is 0 Å². The minimum Gasteiger partial charge on any atom is -0.724 e. The van der Waals surface area contributed by atoms with Crippen molar-refractivity contribution in [2.75, 3.05) is 6.54 Å². The molecule has 0 spiro atoms. The Labute approximate surface area is 115 Å². The quantitative estimate of drug-likeness (QED) is 0.555. The van der Waals surface area contributed by atoms with E-state index in [1.54, 1.807) is 6.92 Å². The van der Waals surface area contributed by atoms with Crippen molar-refractivity contribution >= 4 is 16.4 Å². The van der Waals surface area contributed by atoms with Crippen molar-refractivity contribution in [1.29, 1.82) is 0 Å². The molecule has 2 bridgehead atoms. The molecule has 2 saturated heterocycles. The van der Waals surface area contributed by atoms with Gasteiger partial charge < -0.3 is 13.9 Å². The summed E-state index contributed by atoms with van der Waals surface area (Å²) in [5.74, 6) is 0.671. The topological polar surface area (TPSA) is 129 Å². The van der Waals surface area contributed by atoms with Gasteiger partial charge >= 0.3 is 7.46 Å². The molecule has 10 nitrogen and oxygen atoms in total. The van der Waals surface area contributed by atoms with E-state index in [1.165, 1.54) is 4.90 Å². The Morgan fingerprint density at radius 2 is 2.20 bits per heavy atom. The molecule has 3 heterocycles. The van der Waals surface area contributed by atoms with Crippen LogP contribution in [0.4, 0.5) is 4.79 Å². The number of aryl methyl sites for hydroxylation is 1. The Bertz CT molecular complexity index is 648. The molecular weight excluding hydrogens is 292 g/mol. The monoisotopic (exact) mass is 304 g/mol.